The number of carbonyl (C=O) groups excluding carboxylic acids is 18. The maximum Gasteiger partial charge on any atom is 0.305 e. The maximum atomic E-state index is 15.5. The number of benzene rings is 5. The molecule has 2 aliphatic rings. The molecule has 0 aromatic heterocycles. The van der Waals surface area contributed by atoms with Gasteiger partial charge in [-0.05, 0) is 115 Å². The third-order valence-corrected chi connectivity index (χ3v) is 26.1. The van der Waals surface area contributed by atoms with Gasteiger partial charge >= 0.3 is 23.9 Å². The van der Waals surface area contributed by atoms with Crippen molar-refractivity contribution in [1.29, 1.82) is 0 Å². The summed E-state index contributed by atoms with van der Waals surface area (Å²) in [7, 11) is 1.63. The van der Waals surface area contributed by atoms with E-state index in [1.165, 1.54) is 64.1 Å². The molecule has 25 N–H and O–H groups in total. The number of nitrogens with zero attached hydrogens (tertiary/aromatic N) is 1. The Morgan fingerprint density at radius 2 is 0.897 bits per heavy atom. The van der Waals surface area contributed by atoms with Crippen molar-refractivity contribution in [3.8, 4) is 5.75 Å². The molecule has 7 rings (SSSR count). The minimum Gasteiger partial charge on any atom is -0.508 e. The number of carbonyl (C=O) groups is 22. The molecule has 2 heterocycles. The Balaban J connectivity index is 1.40. The number of carboxylic acids is 4. The van der Waals surface area contributed by atoms with Crippen molar-refractivity contribution < 1.29 is 131 Å². The van der Waals surface area contributed by atoms with Crippen LogP contribution in [0.15, 0.2) is 115 Å². The summed E-state index contributed by atoms with van der Waals surface area (Å²) in [4.78, 5) is 313. The summed E-state index contributed by atoms with van der Waals surface area (Å²) >= 11 is 2.97. The number of rotatable bonds is 30. The molecule has 46 nitrogen and oxygen atoms in total. The van der Waals surface area contributed by atoms with Crippen molar-refractivity contribution in [2.45, 2.75) is 240 Å². The second kappa shape index (κ2) is 57.7. The monoisotopic (exact) mass is 2070 g/mol. The van der Waals surface area contributed by atoms with E-state index in [4.69, 9.17) is 11.5 Å². The molecule has 5 aromatic rings. The molecule has 18 amide bonds. The number of aliphatic carboxylic acids is 4. The van der Waals surface area contributed by atoms with E-state index < -0.39 is 290 Å². The lowest BCUT2D eigenvalue weighted by molar-refractivity contribution is -0.142. The normalized spacial score (nSPS) is 22.8. The predicted octanol–water partition coefficient (Wildman–Crippen LogP) is -2.34. The number of nitrogens with two attached hydrogens (primary N) is 2. The highest BCUT2D eigenvalue weighted by molar-refractivity contribution is 7.99. The quantitative estimate of drug-likeness (QED) is 0.0214. The van der Waals surface area contributed by atoms with E-state index in [-0.39, 0.29) is 52.5 Å². The molecular formula is C96H127N19O27S3. The Morgan fingerprint density at radius 1 is 0.455 bits per heavy atom. The number of hydrogen-bond donors (Lipinski definition) is 23. The van der Waals surface area contributed by atoms with Gasteiger partial charge in [-0.15, -0.1) is 0 Å². The second-order valence-electron chi connectivity index (χ2n) is 36.2. The molecule has 0 aliphatic carbocycles. The van der Waals surface area contributed by atoms with Crippen molar-refractivity contribution in [1.82, 2.24) is 90.0 Å². The number of likely N-dealkylation sites (N-methyl/N-ethyl adjacent to an activating group) is 1. The Kier molecular flexibility index (Phi) is 46.8. The first kappa shape index (κ1) is 117. The minimum atomic E-state index is -2.24. The number of primary amides is 2. The van der Waals surface area contributed by atoms with E-state index >= 15 is 24.0 Å². The number of carboxylic acid groups (broad SMARTS) is 4. The van der Waals surface area contributed by atoms with Crippen molar-refractivity contribution in [2.24, 2.45) is 16.9 Å². The summed E-state index contributed by atoms with van der Waals surface area (Å²) in [6.07, 6.45) is -6.81. The summed E-state index contributed by atoms with van der Waals surface area (Å²) in [6, 6.07) is 2.21. The first-order valence-electron chi connectivity index (χ1n) is 46.6. The van der Waals surface area contributed by atoms with Gasteiger partial charge in [-0.1, -0.05) is 131 Å². The molecule has 0 saturated carbocycles. The van der Waals surface area contributed by atoms with Gasteiger partial charge in [0.1, 0.15) is 96.4 Å². The SMILES string of the molecule is CCCC(=O)NCCCN(C)CC(=O)NC(C)C(=O)NC1CSCc2cc3cc(c2)CSCC(NC(=O)C(C)NC(=O)C(Cc2cccc4ccccc24)NC(=O)C(CCC(=O)O)NC(=O)C(CC(N)=O)NC(=O)C(C)NC1=O)C(=O)NC(CCC(=O)O)C(=O)NC(CC(=O)O)C(=O)NC(Cc1ccccc1)C(=O)NC(Cc1ccc(O)cc1)C(=O)NC(CC(=O)O)C(=O)NC(C(C)(C)C)C(=O)NC(C(N)=O)CSC3. The highest BCUT2D eigenvalue weighted by Gasteiger charge is 2.42. The fraction of sp³-hybridized carbons (Fsp3) is 0.479. The number of nitrogens with one attached hydrogen (secondary N) is 16. The van der Waals surface area contributed by atoms with Crippen molar-refractivity contribution in [3.05, 3.63) is 149 Å². The standard InChI is InChI=1S/C96H127N19O27S3/c1-9-17-74(118)99-32-16-33-115(8)43-75(119)100-50(2)82(129)112-71-48-144-45-56-34-55-35-57(36-56)46-145-49-72(113-84(131)52(4)101-87(134)66(39-59-22-15-21-58-20-13-14-23-61(58)59)108-85(132)62(28-30-76(120)121)103-90(137)67(40-73(97)117)105-83(130)51(3)102-93(71)140)94(141)104-63(29-31-77(122)123)86(133)109-68(41-78(124)125)91(138)107-64(37-53-18-11-10-12-19-53)88(135)106-65(38-54-24-26-60(116)27-25-54)89(136)110-69(42-79(126)127)92(139)114-80(96(5,6)7)95(142)111-70(81(98)128)47-143-44-55/h10-15,18-27,34-36,50-52,62-72,80,116H,9,16-17,28-33,37-49H2,1-8H3,(H2,97,117)(H2,98,128)(H,99,118)(H,100,119)(H,101,134)(H,102,140)(H,103,137)(H,104,141)(H,105,130)(H,106,135)(H,107,138)(H,108,132)(H,109,133)(H,110,136)(H,111,142)(H,112,129)(H,113,131)(H,114,139)(H,120,121)(H,122,123)(H,124,125)(H,126,127). The molecule has 145 heavy (non-hydrogen) atoms. The Labute approximate surface area is 847 Å². The third-order valence-electron chi connectivity index (χ3n) is 22.8. The number of aromatic hydroxyl groups is 1. The third kappa shape index (κ3) is 40.3. The number of phenols is 1. The lowest BCUT2D eigenvalue weighted by Crippen LogP contribution is -2.62. The van der Waals surface area contributed by atoms with E-state index in [1.54, 1.807) is 90.8 Å². The molecular weight excluding hydrogens is 1950 g/mol. The zero-order valence-corrected chi connectivity index (χ0v) is 83.7. The van der Waals surface area contributed by atoms with Gasteiger partial charge < -0.3 is 122 Å². The molecule has 15 unspecified atom stereocenters. The highest BCUT2D eigenvalue weighted by Crippen LogP contribution is 2.28. The van der Waals surface area contributed by atoms with Crippen LogP contribution in [-0.2, 0) is 142 Å². The van der Waals surface area contributed by atoms with Gasteiger partial charge in [0.25, 0.3) is 0 Å². The number of thioether (sulfide) groups is 3. The molecule has 786 valence electrons. The summed E-state index contributed by atoms with van der Waals surface area (Å²) in [5.74, 6) is -28.2. The Morgan fingerprint density at radius 3 is 1.42 bits per heavy atom. The topological polar surface area (TPSA) is 724 Å². The molecule has 2 aliphatic heterocycles. The molecule has 0 saturated heterocycles. The maximum absolute atomic E-state index is 15.5. The number of fused-ring (bicyclic) bond motifs is 6. The van der Waals surface area contributed by atoms with Crippen molar-refractivity contribution in [3.63, 3.8) is 0 Å². The molecule has 4 bridgehead atoms. The van der Waals surface area contributed by atoms with Crippen LogP contribution >= 0.6 is 35.3 Å². The van der Waals surface area contributed by atoms with E-state index in [0.29, 0.717) is 70.9 Å². The van der Waals surface area contributed by atoms with Gasteiger partial charge in [0.05, 0.1) is 25.8 Å². The van der Waals surface area contributed by atoms with E-state index in [2.05, 4.69) is 85.1 Å². The molecule has 0 fully saturated rings. The fourth-order valence-corrected chi connectivity index (χ4v) is 18.1. The van der Waals surface area contributed by atoms with Gasteiger partial charge in [0.15, 0.2) is 0 Å². The Bertz CT molecular complexity index is 5520. The van der Waals surface area contributed by atoms with Crippen LogP contribution in [0.2, 0.25) is 0 Å². The van der Waals surface area contributed by atoms with Gasteiger partial charge in [-0.25, -0.2) is 0 Å². The second-order valence-corrected chi connectivity index (χ2v) is 39.3. The lowest BCUT2D eigenvalue weighted by atomic mass is 9.85. The largest absolute Gasteiger partial charge is 0.508 e. The molecule has 0 spiro atoms. The highest BCUT2D eigenvalue weighted by atomic mass is 32.2. The predicted molar refractivity (Wildman–Crippen MR) is 531 cm³/mol. The van der Waals surface area contributed by atoms with Crippen molar-refractivity contribution in [2.75, 3.05) is 43.9 Å². The van der Waals surface area contributed by atoms with Crippen LogP contribution in [-0.4, -0.2) is 295 Å². The van der Waals surface area contributed by atoms with Crippen LogP contribution in [0.1, 0.15) is 146 Å². The summed E-state index contributed by atoms with van der Waals surface area (Å²) in [6.45, 7) is 10.4. The average molecular weight is 2080 g/mol. The average Bonchev–Trinajstić information content (AvgIpc) is 0.828. The van der Waals surface area contributed by atoms with Crippen LogP contribution < -0.4 is 96.5 Å². The minimum absolute atomic E-state index is 0.0510. The van der Waals surface area contributed by atoms with Gasteiger partial charge in [0, 0.05) is 86.1 Å². The summed E-state index contributed by atoms with van der Waals surface area (Å²) < 4.78 is 0. The van der Waals surface area contributed by atoms with Crippen LogP contribution in [0, 0.1) is 5.41 Å². The van der Waals surface area contributed by atoms with E-state index in [0.717, 1.165) is 49.1 Å². The zero-order valence-electron chi connectivity index (χ0n) is 81.2. The molecule has 49 heteroatoms. The summed E-state index contributed by atoms with van der Waals surface area (Å²) in [5, 5.41) is 92.1. The molecule has 0 radical (unpaired) electrons. The summed E-state index contributed by atoms with van der Waals surface area (Å²) in [5.41, 5.74) is 12.6. The first-order chi connectivity index (χ1) is 68.5. The van der Waals surface area contributed by atoms with Crippen LogP contribution in [0.3, 0.4) is 0 Å². The first-order valence-corrected chi connectivity index (χ1v) is 50.1. The van der Waals surface area contributed by atoms with E-state index in [9.17, 15) is 107 Å². The fourth-order valence-electron chi connectivity index (χ4n) is 15.1. The van der Waals surface area contributed by atoms with Gasteiger partial charge in [-0.3, -0.25) is 110 Å². The van der Waals surface area contributed by atoms with Crippen LogP contribution in [0.25, 0.3) is 10.8 Å². The van der Waals surface area contributed by atoms with Crippen molar-refractivity contribution >= 4 is 176 Å². The Hall–Kier alpha value is -14.5. The number of phenolic OH excluding ortho intramolecular Hbond substituents is 1. The number of hydrogen-bond acceptors (Lipinski definition) is 27. The lowest BCUT2D eigenvalue weighted by Gasteiger charge is -2.33. The number of amides is 18. The van der Waals surface area contributed by atoms with Gasteiger partial charge in [0.2, 0.25) is 106 Å². The van der Waals surface area contributed by atoms with Crippen LogP contribution in [0.4, 0.5) is 0 Å². The molecule has 15 atom stereocenters. The van der Waals surface area contributed by atoms with Gasteiger partial charge in [-0.2, -0.15) is 35.3 Å². The van der Waals surface area contributed by atoms with E-state index in [1.807, 2.05) is 6.92 Å². The smallest absolute Gasteiger partial charge is 0.305 e. The zero-order chi connectivity index (χ0) is 107. The molecule has 5 aromatic carbocycles. The van der Waals surface area contributed by atoms with Crippen LogP contribution in [0.5, 0.6) is 5.75 Å².